The van der Waals surface area contributed by atoms with Crippen LogP contribution in [0.2, 0.25) is 0 Å². The predicted octanol–water partition coefficient (Wildman–Crippen LogP) is 6.70. The van der Waals surface area contributed by atoms with Crippen molar-refractivity contribution in [1.82, 2.24) is 14.6 Å². The number of thiol groups is 1. The second kappa shape index (κ2) is 7.41. The van der Waals surface area contributed by atoms with Gasteiger partial charge < -0.3 is 0 Å². The number of hydrogen-bond donors (Lipinski definition) is 2. The van der Waals surface area contributed by atoms with Gasteiger partial charge in [0.15, 0.2) is 5.65 Å². The van der Waals surface area contributed by atoms with Crippen LogP contribution in [0.1, 0.15) is 0 Å². The highest BCUT2D eigenvalue weighted by Gasteiger charge is 2.20. The van der Waals surface area contributed by atoms with Crippen molar-refractivity contribution in [2.24, 2.45) is 10.2 Å². The Balaban J connectivity index is 1.70. The maximum absolute atomic E-state index is 4.75. The molecular weight excluding hydrogens is 378 g/mol. The van der Waals surface area contributed by atoms with Crippen LogP contribution in [-0.2, 0) is 0 Å². The van der Waals surface area contributed by atoms with E-state index in [1.165, 1.54) is 0 Å². The molecule has 0 saturated carbocycles. The highest BCUT2D eigenvalue weighted by Crippen LogP contribution is 2.37. The Labute approximate surface area is 173 Å². The summed E-state index contributed by atoms with van der Waals surface area (Å²) in [6, 6.07) is 29.8. The Bertz CT molecular complexity index is 1290. The average Bonchev–Trinajstić information content (AvgIpc) is 3.30. The average molecular weight is 395 g/mol. The van der Waals surface area contributed by atoms with Gasteiger partial charge in [-0.25, -0.2) is 9.50 Å². The van der Waals surface area contributed by atoms with Gasteiger partial charge in [-0.05, 0) is 12.1 Å². The van der Waals surface area contributed by atoms with Crippen LogP contribution in [0.4, 0.5) is 11.5 Å². The first-order valence-electron chi connectivity index (χ1n) is 9.22. The lowest BCUT2D eigenvalue weighted by molar-refractivity contribution is 0.984. The zero-order valence-electron chi connectivity index (χ0n) is 15.4. The summed E-state index contributed by atoms with van der Waals surface area (Å²) in [7, 11) is 0. The standard InChI is InChI=1S/C23H17N5S/c29-21-19(16-10-4-1-5-11-16)27-28-20(17-12-6-2-7-13-17)22(24-23(21)28)26-25-18-14-8-3-9-15-18/h1-15,27,29H. The van der Waals surface area contributed by atoms with E-state index in [2.05, 4.69) is 15.3 Å². The number of hydrogen-bond acceptors (Lipinski definition) is 4. The number of azo groups is 1. The number of fused-ring (bicyclic) bond motifs is 1. The van der Waals surface area contributed by atoms with Gasteiger partial charge in [0.1, 0.15) is 5.69 Å². The Kier molecular flexibility index (Phi) is 4.46. The predicted molar refractivity (Wildman–Crippen MR) is 118 cm³/mol. The van der Waals surface area contributed by atoms with E-state index in [9.17, 15) is 0 Å². The molecule has 3 aromatic carbocycles. The molecule has 0 spiro atoms. The molecule has 6 heteroatoms. The minimum absolute atomic E-state index is 0.543. The molecule has 5 rings (SSSR count). The maximum atomic E-state index is 4.75. The van der Waals surface area contributed by atoms with Gasteiger partial charge in [-0.2, -0.15) is 0 Å². The molecule has 1 N–H and O–H groups in total. The van der Waals surface area contributed by atoms with Gasteiger partial charge in [-0.1, -0.05) is 78.9 Å². The molecule has 0 fully saturated rings. The fourth-order valence-corrected chi connectivity index (χ4v) is 3.61. The molecule has 0 aliphatic rings. The van der Waals surface area contributed by atoms with Gasteiger partial charge in [-0.3, -0.25) is 5.10 Å². The number of nitrogens with zero attached hydrogens (tertiary/aromatic N) is 4. The van der Waals surface area contributed by atoms with E-state index < -0.39 is 0 Å². The topological polar surface area (TPSA) is 57.8 Å². The van der Waals surface area contributed by atoms with E-state index in [4.69, 9.17) is 17.6 Å². The van der Waals surface area contributed by atoms with E-state index in [1.54, 1.807) is 0 Å². The Morgan fingerprint density at radius 2 is 1.31 bits per heavy atom. The summed E-state index contributed by atoms with van der Waals surface area (Å²) in [5.41, 5.74) is 5.30. The molecule has 0 aliphatic carbocycles. The lowest BCUT2D eigenvalue weighted by Gasteiger charge is -2.02. The van der Waals surface area contributed by atoms with Gasteiger partial charge in [-0.15, -0.1) is 22.9 Å². The number of benzene rings is 3. The molecule has 140 valence electrons. The lowest BCUT2D eigenvalue weighted by atomic mass is 10.1. The molecule has 29 heavy (non-hydrogen) atoms. The van der Waals surface area contributed by atoms with E-state index in [-0.39, 0.29) is 0 Å². The van der Waals surface area contributed by atoms with Crippen molar-refractivity contribution in [2.75, 3.05) is 0 Å². The first-order valence-corrected chi connectivity index (χ1v) is 9.67. The highest BCUT2D eigenvalue weighted by molar-refractivity contribution is 7.80. The maximum Gasteiger partial charge on any atom is 0.203 e. The number of aromatic amines is 1. The van der Waals surface area contributed by atoms with E-state index in [0.29, 0.717) is 11.5 Å². The molecule has 5 aromatic rings. The largest absolute Gasteiger partial charge is 0.290 e. The van der Waals surface area contributed by atoms with E-state index in [1.807, 2.05) is 95.5 Å². The zero-order chi connectivity index (χ0) is 19.6. The summed E-state index contributed by atoms with van der Waals surface area (Å²) in [4.78, 5) is 5.52. The van der Waals surface area contributed by atoms with Crippen molar-refractivity contribution >= 4 is 29.8 Å². The van der Waals surface area contributed by atoms with Crippen molar-refractivity contribution in [3.8, 4) is 22.5 Å². The van der Waals surface area contributed by atoms with Gasteiger partial charge in [0.25, 0.3) is 0 Å². The molecule has 0 radical (unpaired) electrons. The molecular formula is C23H17N5S. The highest BCUT2D eigenvalue weighted by atomic mass is 32.1. The number of H-pyrrole nitrogens is 1. The molecule has 0 amide bonds. The van der Waals surface area contributed by atoms with Crippen LogP contribution < -0.4 is 0 Å². The molecule has 0 saturated heterocycles. The van der Waals surface area contributed by atoms with Gasteiger partial charge in [0.2, 0.25) is 5.82 Å². The summed E-state index contributed by atoms with van der Waals surface area (Å²) in [5.74, 6) is 0.543. The van der Waals surface area contributed by atoms with Gasteiger partial charge >= 0.3 is 0 Å². The smallest absolute Gasteiger partial charge is 0.203 e. The van der Waals surface area contributed by atoms with Crippen LogP contribution in [-0.4, -0.2) is 14.6 Å². The van der Waals surface area contributed by atoms with Crippen LogP contribution in [0.5, 0.6) is 0 Å². The zero-order valence-corrected chi connectivity index (χ0v) is 16.3. The molecule has 0 aliphatic heterocycles. The third kappa shape index (κ3) is 3.23. The minimum Gasteiger partial charge on any atom is -0.290 e. The number of imidazole rings is 1. The van der Waals surface area contributed by atoms with Crippen molar-refractivity contribution in [3.63, 3.8) is 0 Å². The molecule has 2 heterocycles. The fourth-order valence-electron chi connectivity index (χ4n) is 3.28. The van der Waals surface area contributed by atoms with Crippen molar-refractivity contribution in [1.29, 1.82) is 0 Å². The molecule has 2 aromatic heterocycles. The molecule has 0 atom stereocenters. The molecule has 5 nitrogen and oxygen atoms in total. The summed E-state index contributed by atoms with van der Waals surface area (Å²) in [6.07, 6.45) is 0. The Morgan fingerprint density at radius 1 is 0.724 bits per heavy atom. The van der Waals surface area contributed by atoms with Crippen LogP contribution >= 0.6 is 12.6 Å². The second-order valence-electron chi connectivity index (χ2n) is 6.55. The van der Waals surface area contributed by atoms with Gasteiger partial charge in [0.05, 0.1) is 16.3 Å². The summed E-state index contributed by atoms with van der Waals surface area (Å²) >= 11 is 4.75. The summed E-state index contributed by atoms with van der Waals surface area (Å²) in [5, 5.41) is 12.2. The van der Waals surface area contributed by atoms with Crippen LogP contribution in [0.15, 0.2) is 106 Å². The SMILES string of the molecule is Sc1c(-c2ccccc2)[nH]n2c(-c3ccccc3)c(N=Nc3ccccc3)nc12. The van der Waals surface area contributed by atoms with Crippen molar-refractivity contribution < 1.29 is 0 Å². The quantitative estimate of drug-likeness (QED) is 0.258. The minimum atomic E-state index is 0.543. The number of aromatic nitrogens is 3. The first-order chi connectivity index (χ1) is 14.3. The van der Waals surface area contributed by atoms with Crippen LogP contribution in [0.3, 0.4) is 0 Å². The normalized spacial score (nSPS) is 11.5. The van der Waals surface area contributed by atoms with Crippen molar-refractivity contribution in [2.45, 2.75) is 4.90 Å². The van der Waals surface area contributed by atoms with E-state index >= 15 is 0 Å². The first kappa shape index (κ1) is 17.5. The number of nitrogens with one attached hydrogen (secondary N) is 1. The third-order valence-electron chi connectivity index (χ3n) is 4.66. The Morgan fingerprint density at radius 3 is 1.97 bits per heavy atom. The fraction of sp³-hybridized carbons (Fsp3) is 0. The van der Waals surface area contributed by atoms with Crippen LogP contribution in [0.25, 0.3) is 28.2 Å². The summed E-state index contributed by atoms with van der Waals surface area (Å²) < 4.78 is 1.93. The second-order valence-corrected chi connectivity index (χ2v) is 6.99. The molecule has 0 bridgehead atoms. The van der Waals surface area contributed by atoms with Gasteiger partial charge in [0, 0.05) is 11.1 Å². The number of rotatable bonds is 4. The van der Waals surface area contributed by atoms with Crippen LogP contribution in [0, 0.1) is 0 Å². The van der Waals surface area contributed by atoms with E-state index in [0.717, 1.165) is 33.1 Å². The molecule has 0 unspecified atom stereocenters. The third-order valence-corrected chi connectivity index (χ3v) is 5.08. The summed E-state index contributed by atoms with van der Waals surface area (Å²) in [6.45, 7) is 0. The monoisotopic (exact) mass is 395 g/mol. The lowest BCUT2D eigenvalue weighted by Crippen LogP contribution is -1.89. The Hall–Kier alpha value is -3.64. The van der Waals surface area contributed by atoms with Crippen molar-refractivity contribution in [3.05, 3.63) is 91.0 Å².